The minimum Gasteiger partial charge on any atom is -0.334 e. The normalized spacial score (nSPS) is 10.7. The number of anilines is 1. The van der Waals surface area contributed by atoms with Crippen LogP contribution in [0.4, 0.5) is 5.69 Å². The molecule has 0 bridgehead atoms. The van der Waals surface area contributed by atoms with Crippen LogP contribution < -0.4 is 4.90 Å². The largest absolute Gasteiger partial charge is 0.334 e. The number of rotatable bonds is 2. The van der Waals surface area contributed by atoms with Crippen molar-refractivity contribution in [1.82, 2.24) is 9.55 Å². The first-order chi connectivity index (χ1) is 7.63. The van der Waals surface area contributed by atoms with Crippen molar-refractivity contribution in [1.29, 1.82) is 0 Å². The van der Waals surface area contributed by atoms with Crippen LogP contribution >= 0.6 is 11.6 Å². The number of alkyl halides is 1. The lowest BCUT2D eigenvalue weighted by molar-refractivity contribution is -0.116. The maximum Gasteiger partial charge on any atom is 0.241 e. The van der Waals surface area contributed by atoms with E-state index in [-0.39, 0.29) is 11.8 Å². The number of hydrogen-bond acceptors (Lipinski definition) is 2. The van der Waals surface area contributed by atoms with Crippen LogP contribution in [0.3, 0.4) is 0 Å². The number of halogens is 1. The van der Waals surface area contributed by atoms with E-state index < -0.39 is 0 Å². The van der Waals surface area contributed by atoms with Crippen molar-refractivity contribution >= 4 is 34.2 Å². The molecule has 16 heavy (non-hydrogen) atoms. The highest BCUT2D eigenvalue weighted by Gasteiger charge is 2.10. The molecule has 1 heterocycles. The molecule has 84 valence electrons. The molecule has 0 aliphatic heterocycles. The lowest BCUT2D eigenvalue weighted by Gasteiger charge is -2.15. The molecule has 5 heteroatoms. The highest BCUT2D eigenvalue weighted by molar-refractivity contribution is 6.29. The monoisotopic (exact) mass is 237 g/mol. The zero-order valence-electron chi connectivity index (χ0n) is 9.14. The van der Waals surface area contributed by atoms with Gasteiger partial charge in [0.25, 0.3) is 0 Å². The maximum atomic E-state index is 11.4. The Kier molecular flexibility index (Phi) is 2.83. The molecule has 0 aliphatic carbocycles. The summed E-state index contributed by atoms with van der Waals surface area (Å²) in [5.41, 5.74) is 2.71. The number of hydrogen-bond donors (Lipinski definition) is 0. The fourth-order valence-corrected chi connectivity index (χ4v) is 1.75. The van der Waals surface area contributed by atoms with Crippen molar-refractivity contribution in [3.63, 3.8) is 0 Å². The number of aromatic nitrogens is 2. The van der Waals surface area contributed by atoms with E-state index in [4.69, 9.17) is 11.6 Å². The van der Waals surface area contributed by atoms with E-state index >= 15 is 0 Å². The van der Waals surface area contributed by atoms with E-state index in [0.717, 1.165) is 16.7 Å². The SMILES string of the molecule is CN(C(=O)CCl)c1ccc2c(c1)ncn2C. The zero-order valence-corrected chi connectivity index (χ0v) is 9.90. The Bertz CT molecular complexity index is 535. The van der Waals surface area contributed by atoms with Gasteiger partial charge in [0.1, 0.15) is 5.88 Å². The Morgan fingerprint density at radius 2 is 2.31 bits per heavy atom. The predicted molar refractivity (Wildman–Crippen MR) is 64.8 cm³/mol. The van der Waals surface area contributed by atoms with Crippen LogP contribution in [0.25, 0.3) is 11.0 Å². The molecule has 1 aromatic heterocycles. The molecule has 0 N–H and O–H groups in total. The van der Waals surface area contributed by atoms with Crippen LogP contribution in [0.15, 0.2) is 24.5 Å². The molecule has 2 rings (SSSR count). The number of benzene rings is 1. The third-order valence-electron chi connectivity index (χ3n) is 2.58. The first kappa shape index (κ1) is 11.0. The van der Waals surface area contributed by atoms with Gasteiger partial charge >= 0.3 is 0 Å². The van der Waals surface area contributed by atoms with Gasteiger partial charge in [-0.2, -0.15) is 0 Å². The third-order valence-corrected chi connectivity index (χ3v) is 2.81. The molecule has 4 nitrogen and oxygen atoms in total. The summed E-state index contributed by atoms with van der Waals surface area (Å²) in [6.45, 7) is 0. The lowest BCUT2D eigenvalue weighted by Crippen LogP contribution is -2.27. The average molecular weight is 238 g/mol. The van der Waals surface area contributed by atoms with Gasteiger partial charge in [-0.3, -0.25) is 4.79 Å². The van der Waals surface area contributed by atoms with Gasteiger partial charge in [-0.1, -0.05) is 0 Å². The number of fused-ring (bicyclic) bond motifs is 1. The van der Waals surface area contributed by atoms with E-state index in [1.165, 1.54) is 4.90 Å². The Hall–Kier alpha value is -1.55. The third kappa shape index (κ3) is 1.76. The van der Waals surface area contributed by atoms with Crippen LogP contribution in [0, 0.1) is 0 Å². The molecule has 2 aromatic rings. The van der Waals surface area contributed by atoms with Gasteiger partial charge in [0.15, 0.2) is 0 Å². The molecule has 0 unspecified atom stereocenters. The summed E-state index contributed by atoms with van der Waals surface area (Å²) in [5, 5.41) is 0. The molecule has 1 aromatic carbocycles. The number of imidazole rings is 1. The Labute approximate surface area is 98.4 Å². The van der Waals surface area contributed by atoms with E-state index in [0.29, 0.717) is 0 Å². The zero-order chi connectivity index (χ0) is 11.7. The van der Waals surface area contributed by atoms with E-state index in [1.807, 2.05) is 29.8 Å². The molecule has 1 amide bonds. The van der Waals surface area contributed by atoms with Crippen LogP contribution in [-0.2, 0) is 11.8 Å². The molecule has 0 atom stereocenters. The molecule has 0 saturated carbocycles. The molecule has 0 fully saturated rings. The number of nitrogens with zero attached hydrogens (tertiary/aromatic N) is 3. The van der Waals surface area contributed by atoms with Crippen LogP contribution in [0.1, 0.15) is 0 Å². The second-order valence-corrected chi connectivity index (χ2v) is 3.88. The summed E-state index contributed by atoms with van der Waals surface area (Å²) in [6, 6.07) is 5.70. The van der Waals surface area contributed by atoms with E-state index in [2.05, 4.69) is 4.98 Å². The van der Waals surface area contributed by atoms with Crippen LogP contribution in [0.2, 0.25) is 0 Å². The van der Waals surface area contributed by atoms with Crippen molar-refractivity contribution in [3.05, 3.63) is 24.5 Å². The average Bonchev–Trinajstić information content (AvgIpc) is 2.68. The molecular formula is C11H12ClN3O. The summed E-state index contributed by atoms with van der Waals surface area (Å²) in [7, 11) is 3.64. The fourth-order valence-electron chi connectivity index (χ4n) is 1.57. The summed E-state index contributed by atoms with van der Waals surface area (Å²) >= 11 is 5.51. The summed E-state index contributed by atoms with van der Waals surface area (Å²) in [6.07, 6.45) is 1.75. The predicted octanol–water partition coefficient (Wildman–Crippen LogP) is 1.77. The summed E-state index contributed by atoms with van der Waals surface area (Å²) in [5.74, 6) is -0.145. The molecule has 0 radical (unpaired) electrons. The minimum atomic E-state index is -0.128. The van der Waals surface area contributed by atoms with Gasteiger partial charge in [-0.15, -0.1) is 11.6 Å². The van der Waals surface area contributed by atoms with Gasteiger partial charge in [-0.25, -0.2) is 4.98 Å². The Balaban J connectivity index is 2.43. The first-order valence-electron chi connectivity index (χ1n) is 4.87. The second kappa shape index (κ2) is 4.14. The van der Waals surface area contributed by atoms with E-state index in [9.17, 15) is 4.79 Å². The minimum absolute atomic E-state index is 0.0171. The topological polar surface area (TPSA) is 38.1 Å². The van der Waals surface area contributed by atoms with Crippen molar-refractivity contribution in [3.8, 4) is 0 Å². The number of aryl methyl sites for hydroxylation is 1. The van der Waals surface area contributed by atoms with Gasteiger partial charge in [0.05, 0.1) is 17.4 Å². The quantitative estimate of drug-likeness (QED) is 0.747. The summed E-state index contributed by atoms with van der Waals surface area (Å²) < 4.78 is 1.93. The second-order valence-electron chi connectivity index (χ2n) is 3.61. The summed E-state index contributed by atoms with van der Waals surface area (Å²) in [4.78, 5) is 17.2. The van der Waals surface area contributed by atoms with Crippen molar-refractivity contribution in [2.75, 3.05) is 17.8 Å². The van der Waals surface area contributed by atoms with Crippen LogP contribution in [0.5, 0.6) is 0 Å². The number of amides is 1. The number of carbonyl (C=O) groups excluding carboxylic acids is 1. The fraction of sp³-hybridized carbons (Fsp3) is 0.273. The van der Waals surface area contributed by atoms with Gasteiger partial charge in [0, 0.05) is 19.8 Å². The van der Waals surface area contributed by atoms with Crippen molar-refractivity contribution in [2.45, 2.75) is 0 Å². The van der Waals surface area contributed by atoms with Gasteiger partial charge in [0.2, 0.25) is 5.91 Å². The molecular weight excluding hydrogens is 226 g/mol. The highest BCUT2D eigenvalue weighted by Crippen LogP contribution is 2.20. The standard InChI is InChI=1S/C11H12ClN3O/c1-14-7-13-9-5-8(3-4-10(9)14)15(2)11(16)6-12/h3-5,7H,6H2,1-2H3. The highest BCUT2D eigenvalue weighted by atomic mass is 35.5. The maximum absolute atomic E-state index is 11.4. The van der Waals surface area contributed by atoms with Crippen LogP contribution in [-0.4, -0.2) is 28.4 Å². The van der Waals surface area contributed by atoms with Gasteiger partial charge < -0.3 is 9.47 Å². The van der Waals surface area contributed by atoms with E-state index in [1.54, 1.807) is 13.4 Å². The Morgan fingerprint density at radius 3 is 3.00 bits per heavy atom. The molecule has 0 saturated heterocycles. The lowest BCUT2D eigenvalue weighted by atomic mass is 10.2. The Morgan fingerprint density at radius 1 is 1.56 bits per heavy atom. The van der Waals surface area contributed by atoms with Crippen molar-refractivity contribution in [2.24, 2.45) is 7.05 Å². The first-order valence-corrected chi connectivity index (χ1v) is 5.40. The van der Waals surface area contributed by atoms with Gasteiger partial charge in [-0.05, 0) is 18.2 Å². The molecule has 0 spiro atoms. The smallest absolute Gasteiger partial charge is 0.241 e. The van der Waals surface area contributed by atoms with Crippen molar-refractivity contribution < 1.29 is 4.79 Å². The number of carbonyl (C=O) groups is 1. The molecule has 0 aliphatic rings.